The molecule has 41 heavy (non-hydrogen) atoms. The Balaban J connectivity index is 1.27. The molecule has 0 bridgehead atoms. The number of nitrogens with zero attached hydrogens (tertiary/aromatic N) is 2. The highest BCUT2D eigenvalue weighted by Crippen LogP contribution is 2.22. The minimum absolute atomic E-state index is 0.0805. The van der Waals surface area contributed by atoms with E-state index in [0.29, 0.717) is 23.5 Å². The van der Waals surface area contributed by atoms with Crippen molar-refractivity contribution in [1.29, 1.82) is 0 Å². The van der Waals surface area contributed by atoms with Crippen molar-refractivity contribution in [2.45, 2.75) is 32.4 Å². The third kappa shape index (κ3) is 8.89. The number of hydrogen-bond donors (Lipinski definition) is 2. The molecule has 4 rings (SSSR count). The zero-order valence-electron chi connectivity index (χ0n) is 23.1. The number of carbonyl (C=O) groups excluding carboxylic acids is 2. The molecule has 1 fully saturated rings. The van der Waals surface area contributed by atoms with Gasteiger partial charge in [-0.1, -0.05) is 24.3 Å². The van der Waals surface area contributed by atoms with Crippen molar-refractivity contribution in [3.8, 4) is 5.75 Å². The number of nitrogens with one attached hydrogen (secondary N) is 2. The number of benzene rings is 3. The van der Waals surface area contributed by atoms with E-state index in [1.807, 2.05) is 31.2 Å². The maximum atomic E-state index is 12.6. The lowest BCUT2D eigenvalue weighted by Crippen LogP contribution is -2.35. The molecule has 1 heterocycles. The topological polar surface area (TPSA) is 126 Å². The largest absolute Gasteiger partial charge is 0.484 e. The smallest absolute Gasteiger partial charge is 0.271 e. The Bertz CT molecular complexity index is 1470. The van der Waals surface area contributed by atoms with Crippen LogP contribution in [0, 0.1) is 6.92 Å². The van der Waals surface area contributed by atoms with Gasteiger partial charge in [0.1, 0.15) is 5.75 Å². The minimum atomic E-state index is -3.55. The normalized spacial score (nSPS) is 15.0. The lowest BCUT2D eigenvalue weighted by atomic mass is 10.1. The van der Waals surface area contributed by atoms with Crippen LogP contribution in [0.5, 0.6) is 5.75 Å². The standard InChI is InChI=1S/C30H34N4O6S/c1-22-6-3-4-7-25(22)20-34(41(2,37)38)26-13-11-24(12-14-26)30(36)33-32-18-23-9-15-27(16-10-23)40-21-29(35)31-19-28-8-5-17-39-28/h3-4,6-7,9-16,18,28H,5,8,17,19-21H2,1-2H3,(H,31,35)(H,33,36)/b32-18-/t28-/m0/s1. The molecule has 2 N–H and O–H groups in total. The molecular formula is C30H34N4O6S. The molecule has 3 aromatic carbocycles. The van der Waals surface area contributed by atoms with E-state index >= 15 is 0 Å². The van der Waals surface area contributed by atoms with Gasteiger partial charge in [-0.25, -0.2) is 13.8 Å². The fourth-order valence-corrected chi connectivity index (χ4v) is 5.11. The van der Waals surface area contributed by atoms with E-state index in [4.69, 9.17) is 9.47 Å². The summed E-state index contributed by atoms with van der Waals surface area (Å²) in [5, 5.41) is 6.80. The highest BCUT2D eigenvalue weighted by atomic mass is 32.2. The minimum Gasteiger partial charge on any atom is -0.484 e. The number of rotatable bonds is 12. The van der Waals surface area contributed by atoms with Gasteiger partial charge in [0.2, 0.25) is 10.0 Å². The van der Waals surface area contributed by atoms with Crippen LogP contribution in [0.25, 0.3) is 0 Å². The summed E-state index contributed by atoms with van der Waals surface area (Å²) in [7, 11) is -3.55. The van der Waals surface area contributed by atoms with Crippen molar-refractivity contribution in [1.82, 2.24) is 10.7 Å². The molecule has 10 nitrogen and oxygen atoms in total. The summed E-state index contributed by atoms with van der Waals surface area (Å²) in [5.41, 5.74) is 5.86. The van der Waals surface area contributed by atoms with E-state index in [1.54, 1.807) is 48.5 Å². The van der Waals surface area contributed by atoms with Gasteiger partial charge >= 0.3 is 0 Å². The number of aryl methyl sites for hydroxylation is 1. The fraction of sp³-hybridized carbons (Fsp3) is 0.300. The number of sulfonamides is 1. The molecule has 0 saturated carbocycles. The first-order valence-corrected chi connectivity index (χ1v) is 15.1. The highest BCUT2D eigenvalue weighted by Gasteiger charge is 2.19. The fourth-order valence-electron chi connectivity index (χ4n) is 4.23. The third-order valence-corrected chi connectivity index (χ3v) is 7.71. The molecule has 0 aromatic heterocycles. The predicted molar refractivity (Wildman–Crippen MR) is 158 cm³/mol. The van der Waals surface area contributed by atoms with Gasteiger partial charge < -0.3 is 14.8 Å². The maximum absolute atomic E-state index is 12.6. The molecule has 216 valence electrons. The van der Waals surface area contributed by atoms with Crippen molar-refractivity contribution in [2.24, 2.45) is 5.10 Å². The summed E-state index contributed by atoms with van der Waals surface area (Å²) in [6.07, 6.45) is 4.69. The van der Waals surface area contributed by atoms with E-state index in [9.17, 15) is 18.0 Å². The zero-order chi connectivity index (χ0) is 29.2. The lowest BCUT2D eigenvalue weighted by molar-refractivity contribution is -0.123. The van der Waals surface area contributed by atoms with Gasteiger partial charge in [0.15, 0.2) is 6.61 Å². The SMILES string of the molecule is Cc1ccccc1CN(c1ccc(C(=O)N/N=C\c2ccc(OCC(=O)NC[C@@H]3CCCO3)cc2)cc1)S(C)(=O)=O. The highest BCUT2D eigenvalue weighted by molar-refractivity contribution is 7.92. The third-order valence-electron chi connectivity index (χ3n) is 6.57. The van der Waals surface area contributed by atoms with E-state index in [0.717, 1.165) is 42.4 Å². The molecule has 1 saturated heterocycles. The molecule has 0 spiro atoms. The van der Waals surface area contributed by atoms with Crippen molar-refractivity contribution >= 4 is 33.7 Å². The van der Waals surface area contributed by atoms with Gasteiger partial charge in [-0.15, -0.1) is 0 Å². The Morgan fingerprint density at radius 2 is 1.80 bits per heavy atom. The van der Waals surface area contributed by atoms with Crippen LogP contribution in [0.3, 0.4) is 0 Å². The summed E-state index contributed by atoms with van der Waals surface area (Å²) in [4.78, 5) is 24.5. The van der Waals surface area contributed by atoms with Gasteiger partial charge in [-0.2, -0.15) is 5.10 Å². The second kappa shape index (κ2) is 13.9. The second-order valence-corrected chi connectivity index (χ2v) is 11.6. The van der Waals surface area contributed by atoms with Crippen LogP contribution >= 0.6 is 0 Å². The number of anilines is 1. The summed E-state index contributed by atoms with van der Waals surface area (Å²) in [5.74, 6) is -0.118. The summed E-state index contributed by atoms with van der Waals surface area (Å²) < 4.78 is 37.3. The molecular weight excluding hydrogens is 544 g/mol. The molecule has 0 aliphatic carbocycles. The second-order valence-electron chi connectivity index (χ2n) is 9.74. The maximum Gasteiger partial charge on any atom is 0.271 e. The summed E-state index contributed by atoms with van der Waals surface area (Å²) >= 11 is 0. The van der Waals surface area contributed by atoms with Crippen molar-refractivity contribution < 1.29 is 27.5 Å². The number of ether oxygens (including phenoxy) is 2. The van der Waals surface area contributed by atoms with Crippen LogP contribution in [-0.2, 0) is 26.1 Å². The van der Waals surface area contributed by atoms with Crippen LogP contribution < -0.4 is 19.8 Å². The van der Waals surface area contributed by atoms with Gasteiger partial charge in [-0.05, 0) is 85.0 Å². The molecule has 0 radical (unpaired) electrons. The van der Waals surface area contributed by atoms with Crippen LogP contribution in [0.15, 0.2) is 77.9 Å². The van der Waals surface area contributed by atoms with E-state index in [2.05, 4.69) is 15.8 Å². The van der Waals surface area contributed by atoms with Gasteiger partial charge in [0.05, 0.1) is 30.8 Å². The summed E-state index contributed by atoms with van der Waals surface area (Å²) in [6, 6.07) is 20.8. The van der Waals surface area contributed by atoms with Crippen LogP contribution in [0.1, 0.15) is 39.9 Å². The van der Waals surface area contributed by atoms with Crippen molar-refractivity contribution in [3.05, 3.63) is 95.1 Å². The van der Waals surface area contributed by atoms with Gasteiger partial charge in [0.25, 0.3) is 11.8 Å². The lowest BCUT2D eigenvalue weighted by Gasteiger charge is -2.23. The van der Waals surface area contributed by atoms with Crippen LogP contribution in [0.4, 0.5) is 5.69 Å². The first-order valence-electron chi connectivity index (χ1n) is 13.3. The molecule has 11 heteroatoms. The Morgan fingerprint density at radius 1 is 1.07 bits per heavy atom. The zero-order valence-corrected chi connectivity index (χ0v) is 23.9. The number of carbonyl (C=O) groups is 2. The van der Waals surface area contributed by atoms with Gasteiger partial charge in [0, 0.05) is 18.7 Å². The Hall–Kier alpha value is -4.22. The average Bonchev–Trinajstić information content (AvgIpc) is 3.48. The quantitative estimate of drug-likeness (QED) is 0.251. The molecule has 1 atom stereocenters. The van der Waals surface area contributed by atoms with Crippen LogP contribution in [-0.4, -0.2) is 58.6 Å². The molecule has 1 aliphatic heterocycles. The Labute approximate surface area is 240 Å². The van der Waals surface area contributed by atoms with Crippen molar-refractivity contribution in [2.75, 3.05) is 30.3 Å². The van der Waals surface area contributed by atoms with Gasteiger partial charge in [-0.3, -0.25) is 13.9 Å². The van der Waals surface area contributed by atoms with E-state index < -0.39 is 15.9 Å². The first kappa shape index (κ1) is 29.8. The van der Waals surface area contributed by atoms with E-state index in [1.165, 1.54) is 10.5 Å². The average molecular weight is 579 g/mol. The number of amides is 2. The van der Waals surface area contributed by atoms with Crippen molar-refractivity contribution in [3.63, 3.8) is 0 Å². The number of hydrogen-bond acceptors (Lipinski definition) is 7. The Morgan fingerprint density at radius 3 is 2.46 bits per heavy atom. The Kier molecular flexibility index (Phi) is 10.1. The first-order chi connectivity index (χ1) is 19.7. The monoisotopic (exact) mass is 578 g/mol. The number of hydrazone groups is 1. The van der Waals surface area contributed by atoms with E-state index in [-0.39, 0.29) is 25.2 Å². The molecule has 2 amide bonds. The summed E-state index contributed by atoms with van der Waals surface area (Å²) in [6.45, 7) is 3.25. The molecule has 0 unspecified atom stereocenters. The van der Waals surface area contributed by atoms with Crippen LogP contribution in [0.2, 0.25) is 0 Å². The molecule has 1 aliphatic rings. The molecule has 3 aromatic rings. The predicted octanol–water partition coefficient (Wildman–Crippen LogP) is 3.40.